The van der Waals surface area contributed by atoms with Crippen molar-refractivity contribution in [2.75, 3.05) is 19.9 Å². The Morgan fingerprint density at radius 2 is 2.21 bits per heavy atom. The molecule has 0 saturated carbocycles. The Balaban J connectivity index is 3.02. The van der Waals surface area contributed by atoms with E-state index in [4.69, 9.17) is 22.2 Å². The summed E-state index contributed by atoms with van der Waals surface area (Å²) in [4.78, 5) is 16.3. The Morgan fingerprint density at radius 3 is 2.71 bits per heavy atom. The van der Waals surface area contributed by atoms with Gasteiger partial charge in [-0.15, -0.1) is 0 Å². The van der Waals surface area contributed by atoms with E-state index in [1.807, 2.05) is 0 Å². The van der Waals surface area contributed by atoms with Crippen LogP contribution >= 0.6 is 11.6 Å². The summed E-state index contributed by atoms with van der Waals surface area (Å²) in [6.45, 7) is 0. The van der Waals surface area contributed by atoms with Crippen LogP contribution < -0.4 is 5.73 Å². The number of carbonyl (C=O) groups is 1. The summed E-state index contributed by atoms with van der Waals surface area (Å²) in [6.07, 6.45) is 0. The number of hydrogen-bond donors (Lipinski definition) is 1. The third-order valence-electron chi connectivity index (χ3n) is 1.78. The molecule has 0 radical (unpaired) electrons. The summed E-state index contributed by atoms with van der Waals surface area (Å²) in [5.74, 6) is -0.308. The minimum atomic E-state index is -0.308. The molecule has 1 aromatic carbocycles. The van der Waals surface area contributed by atoms with Gasteiger partial charge in [0, 0.05) is 12.7 Å². The zero-order valence-electron chi connectivity index (χ0n) is 7.95. The standard InChI is InChI=1S/C9H11ClN2O2/c1-12(14-2)9(13)7-4-3-6(11)5-8(7)10/h3-5H,11H2,1-2H3. The number of hydrogen-bond acceptors (Lipinski definition) is 3. The molecule has 0 aromatic heterocycles. The van der Waals surface area contributed by atoms with Crippen LogP contribution in [0, 0.1) is 0 Å². The Kier molecular flexibility index (Phi) is 3.33. The molecular formula is C9H11ClN2O2. The molecule has 0 aliphatic carbocycles. The van der Waals surface area contributed by atoms with E-state index in [0.29, 0.717) is 16.3 Å². The van der Waals surface area contributed by atoms with Gasteiger partial charge in [0.05, 0.1) is 17.7 Å². The largest absolute Gasteiger partial charge is 0.399 e. The maximum Gasteiger partial charge on any atom is 0.278 e. The lowest BCUT2D eigenvalue weighted by Crippen LogP contribution is -2.25. The van der Waals surface area contributed by atoms with E-state index in [2.05, 4.69) is 0 Å². The highest BCUT2D eigenvalue weighted by atomic mass is 35.5. The zero-order chi connectivity index (χ0) is 10.7. The van der Waals surface area contributed by atoms with Crippen LogP contribution in [0.25, 0.3) is 0 Å². The third kappa shape index (κ3) is 2.16. The first-order valence-corrected chi connectivity index (χ1v) is 4.31. The van der Waals surface area contributed by atoms with Gasteiger partial charge in [0.2, 0.25) is 0 Å². The summed E-state index contributed by atoms with van der Waals surface area (Å²) < 4.78 is 0. The van der Waals surface area contributed by atoms with Crippen molar-refractivity contribution in [1.29, 1.82) is 0 Å². The number of carbonyl (C=O) groups excluding carboxylic acids is 1. The number of anilines is 1. The van der Waals surface area contributed by atoms with E-state index >= 15 is 0 Å². The number of amides is 1. The number of rotatable bonds is 2. The molecule has 0 unspecified atom stereocenters. The van der Waals surface area contributed by atoms with E-state index in [1.54, 1.807) is 12.1 Å². The van der Waals surface area contributed by atoms with E-state index in [9.17, 15) is 4.79 Å². The third-order valence-corrected chi connectivity index (χ3v) is 2.10. The van der Waals surface area contributed by atoms with Crippen LogP contribution in [0.2, 0.25) is 5.02 Å². The molecule has 14 heavy (non-hydrogen) atoms. The maximum atomic E-state index is 11.6. The molecule has 1 rings (SSSR count). The van der Waals surface area contributed by atoms with Crippen LogP contribution in [-0.4, -0.2) is 25.1 Å². The van der Waals surface area contributed by atoms with Gasteiger partial charge in [-0.1, -0.05) is 11.6 Å². The second-order valence-corrected chi connectivity index (χ2v) is 3.13. The number of nitrogen functional groups attached to an aromatic ring is 1. The summed E-state index contributed by atoms with van der Waals surface area (Å²) in [5.41, 5.74) is 6.38. The van der Waals surface area contributed by atoms with Gasteiger partial charge in [-0.25, -0.2) is 5.06 Å². The molecule has 0 bridgehead atoms. The lowest BCUT2D eigenvalue weighted by atomic mass is 10.2. The highest BCUT2D eigenvalue weighted by Gasteiger charge is 2.14. The first kappa shape index (κ1) is 10.8. The van der Waals surface area contributed by atoms with Crippen LogP contribution in [0.3, 0.4) is 0 Å². The summed E-state index contributed by atoms with van der Waals surface area (Å²) >= 11 is 5.84. The van der Waals surface area contributed by atoms with Crippen LogP contribution in [0.15, 0.2) is 18.2 Å². The van der Waals surface area contributed by atoms with Gasteiger partial charge in [0.15, 0.2) is 0 Å². The first-order valence-electron chi connectivity index (χ1n) is 3.93. The summed E-state index contributed by atoms with van der Waals surface area (Å²) in [5, 5.41) is 1.41. The van der Waals surface area contributed by atoms with E-state index < -0.39 is 0 Å². The van der Waals surface area contributed by atoms with Crippen LogP contribution in [0.1, 0.15) is 10.4 Å². The van der Waals surface area contributed by atoms with Crippen LogP contribution in [0.4, 0.5) is 5.69 Å². The molecule has 0 spiro atoms. The Labute approximate surface area is 87.2 Å². The minimum Gasteiger partial charge on any atom is -0.399 e. The number of halogens is 1. The normalized spacial score (nSPS) is 9.93. The lowest BCUT2D eigenvalue weighted by molar-refractivity contribution is -0.0756. The van der Waals surface area contributed by atoms with Gasteiger partial charge in [-0.2, -0.15) is 0 Å². The molecule has 1 amide bonds. The maximum absolute atomic E-state index is 11.6. The molecule has 0 heterocycles. The molecule has 0 aliphatic heterocycles. The van der Waals surface area contributed by atoms with Crippen LogP contribution in [-0.2, 0) is 4.84 Å². The number of nitrogens with zero attached hydrogens (tertiary/aromatic N) is 1. The van der Waals surface area contributed by atoms with E-state index in [0.717, 1.165) is 5.06 Å². The van der Waals surface area contributed by atoms with Gasteiger partial charge in [0.1, 0.15) is 0 Å². The fourth-order valence-electron chi connectivity index (χ4n) is 0.957. The number of hydroxylamine groups is 2. The van der Waals surface area contributed by atoms with Gasteiger partial charge in [-0.3, -0.25) is 9.63 Å². The number of nitrogens with two attached hydrogens (primary N) is 1. The zero-order valence-corrected chi connectivity index (χ0v) is 8.71. The van der Waals surface area contributed by atoms with E-state index in [1.165, 1.54) is 20.2 Å². The monoisotopic (exact) mass is 214 g/mol. The Hall–Kier alpha value is -1.26. The predicted octanol–water partition coefficient (Wildman–Crippen LogP) is 1.56. The van der Waals surface area contributed by atoms with Gasteiger partial charge < -0.3 is 5.73 Å². The fourth-order valence-corrected chi connectivity index (χ4v) is 1.23. The molecule has 5 heteroatoms. The SMILES string of the molecule is CON(C)C(=O)c1ccc(N)cc1Cl. The smallest absolute Gasteiger partial charge is 0.278 e. The van der Waals surface area contributed by atoms with Gasteiger partial charge in [0.25, 0.3) is 5.91 Å². The van der Waals surface area contributed by atoms with Crippen molar-refractivity contribution in [3.8, 4) is 0 Å². The molecule has 2 N–H and O–H groups in total. The van der Waals surface area contributed by atoms with Crippen molar-refractivity contribution in [3.63, 3.8) is 0 Å². The molecule has 1 aromatic rings. The first-order chi connectivity index (χ1) is 6.56. The Morgan fingerprint density at radius 1 is 1.57 bits per heavy atom. The molecule has 76 valence electrons. The Bertz CT molecular complexity index is 355. The summed E-state index contributed by atoms with van der Waals surface area (Å²) in [7, 11) is 2.91. The molecule has 0 aliphatic rings. The lowest BCUT2D eigenvalue weighted by Gasteiger charge is -2.14. The average molecular weight is 215 g/mol. The van der Waals surface area contributed by atoms with Crippen molar-refractivity contribution in [2.24, 2.45) is 0 Å². The minimum absolute atomic E-state index is 0.308. The molecule has 0 atom stereocenters. The quantitative estimate of drug-likeness (QED) is 0.601. The second-order valence-electron chi connectivity index (χ2n) is 2.72. The highest BCUT2D eigenvalue weighted by molar-refractivity contribution is 6.34. The van der Waals surface area contributed by atoms with Crippen molar-refractivity contribution in [1.82, 2.24) is 5.06 Å². The predicted molar refractivity (Wildman–Crippen MR) is 55.0 cm³/mol. The second kappa shape index (κ2) is 4.30. The molecule has 4 nitrogen and oxygen atoms in total. The average Bonchev–Trinajstić information content (AvgIpc) is 2.15. The van der Waals surface area contributed by atoms with Crippen molar-refractivity contribution >= 4 is 23.2 Å². The van der Waals surface area contributed by atoms with E-state index in [-0.39, 0.29) is 5.91 Å². The molecule has 0 saturated heterocycles. The fraction of sp³-hybridized carbons (Fsp3) is 0.222. The number of benzene rings is 1. The van der Waals surface area contributed by atoms with Gasteiger partial charge >= 0.3 is 0 Å². The summed E-state index contributed by atoms with van der Waals surface area (Å²) in [6, 6.07) is 4.70. The van der Waals surface area contributed by atoms with Crippen molar-refractivity contribution in [2.45, 2.75) is 0 Å². The van der Waals surface area contributed by atoms with Crippen molar-refractivity contribution in [3.05, 3.63) is 28.8 Å². The van der Waals surface area contributed by atoms with Crippen LogP contribution in [0.5, 0.6) is 0 Å². The highest BCUT2D eigenvalue weighted by Crippen LogP contribution is 2.20. The topological polar surface area (TPSA) is 55.6 Å². The molecular weight excluding hydrogens is 204 g/mol. The molecule has 0 fully saturated rings. The van der Waals surface area contributed by atoms with Crippen molar-refractivity contribution < 1.29 is 9.63 Å². The van der Waals surface area contributed by atoms with Gasteiger partial charge in [-0.05, 0) is 18.2 Å².